The van der Waals surface area contributed by atoms with Crippen LogP contribution in [0, 0.1) is 5.92 Å². The Hall–Kier alpha value is -3.14. The molecule has 2 aromatic rings. The molecule has 0 spiro atoms. The molecule has 0 unspecified atom stereocenters. The van der Waals surface area contributed by atoms with Gasteiger partial charge in [-0.1, -0.05) is 25.4 Å². The molecule has 2 rings (SSSR count). The fourth-order valence-corrected chi connectivity index (χ4v) is 3.00. The normalized spacial score (nSPS) is 11.2. The number of carbonyl (C=O) groups excluding carboxylic acids is 2. The van der Waals surface area contributed by atoms with E-state index < -0.39 is 23.2 Å². The van der Waals surface area contributed by atoms with Gasteiger partial charge in [-0.3, -0.25) is 14.7 Å². The van der Waals surface area contributed by atoms with Gasteiger partial charge in [0, 0.05) is 12.6 Å². The summed E-state index contributed by atoms with van der Waals surface area (Å²) < 4.78 is 11.5. The smallest absolute Gasteiger partial charge is 0.413 e. The number of hydrogen-bond acceptors (Lipinski definition) is 8. The number of nitrogens with one attached hydrogen (secondary N) is 2. The zero-order chi connectivity index (χ0) is 24.1. The molecule has 2 N–H and O–H groups in total. The van der Waals surface area contributed by atoms with E-state index in [-0.39, 0.29) is 47.1 Å². The number of rotatable bonds is 7. The summed E-state index contributed by atoms with van der Waals surface area (Å²) in [5.41, 5.74) is -1.04. The summed E-state index contributed by atoms with van der Waals surface area (Å²) in [6, 6.07) is 2.78. The zero-order valence-electron chi connectivity index (χ0n) is 19.0. The van der Waals surface area contributed by atoms with Crippen LogP contribution in [0.15, 0.2) is 23.3 Å². The zero-order valence-corrected chi connectivity index (χ0v) is 19.7. The minimum atomic E-state index is -0.678. The molecule has 0 radical (unpaired) electrons. The average Bonchev–Trinajstić information content (AvgIpc) is 2.64. The quantitative estimate of drug-likeness (QED) is 0.582. The third-order valence-electron chi connectivity index (χ3n) is 3.82. The molecule has 0 atom stereocenters. The lowest BCUT2D eigenvalue weighted by Crippen LogP contribution is -2.30. The summed E-state index contributed by atoms with van der Waals surface area (Å²) in [7, 11) is 0. The molecule has 174 valence electrons. The largest absolute Gasteiger partial charge is 0.461 e. The minimum absolute atomic E-state index is 0.00673. The third-order valence-corrected chi connectivity index (χ3v) is 4.11. The van der Waals surface area contributed by atoms with Crippen LogP contribution in [0.2, 0.25) is 5.02 Å². The van der Waals surface area contributed by atoms with Gasteiger partial charge in [-0.25, -0.2) is 19.6 Å². The Morgan fingerprint density at radius 3 is 2.44 bits per heavy atom. The molecule has 0 aromatic carbocycles. The molecule has 32 heavy (non-hydrogen) atoms. The van der Waals surface area contributed by atoms with Gasteiger partial charge in [-0.15, -0.1) is 0 Å². The molecule has 0 aliphatic carbocycles. The third kappa shape index (κ3) is 6.94. The van der Waals surface area contributed by atoms with Crippen molar-refractivity contribution in [1.82, 2.24) is 14.5 Å². The highest BCUT2D eigenvalue weighted by molar-refractivity contribution is 6.33. The fourth-order valence-electron chi connectivity index (χ4n) is 2.71. The molecule has 0 aliphatic rings. The highest BCUT2D eigenvalue weighted by atomic mass is 35.5. The number of carbonyl (C=O) groups is 2. The molecule has 2 heterocycles. The van der Waals surface area contributed by atoms with Gasteiger partial charge in [0.15, 0.2) is 0 Å². The maximum absolute atomic E-state index is 13.1. The van der Waals surface area contributed by atoms with Crippen molar-refractivity contribution in [2.75, 3.05) is 17.2 Å². The number of anilines is 3. The second kappa shape index (κ2) is 10.4. The summed E-state index contributed by atoms with van der Waals surface area (Å²) in [5, 5.41) is 5.44. The van der Waals surface area contributed by atoms with E-state index in [1.165, 1.54) is 23.0 Å². The maximum Gasteiger partial charge on any atom is 0.413 e. The Balaban J connectivity index is 2.37. The van der Waals surface area contributed by atoms with Crippen molar-refractivity contribution >= 4 is 41.0 Å². The van der Waals surface area contributed by atoms with Gasteiger partial charge >= 0.3 is 12.1 Å². The summed E-state index contributed by atoms with van der Waals surface area (Å²) in [6.07, 6.45) is 0.541. The Bertz CT molecular complexity index is 1050. The molecule has 0 saturated carbocycles. The van der Waals surface area contributed by atoms with Gasteiger partial charge in [-0.05, 0) is 39.7 Å². The summed E-state index contributed by atoms with van der Waals surface area (Å²) in [5.74, 6) is -0.198. The van der Waals surface area contributed by atoms with Gasteiger partial charge in [0.05, 0.1) is 11.6 Å². The lowest BCUT2D eigenvalue weighted by Gasteiger charge is -2.19. The van der Waals surface area contributed by atoms with E-state index in [1.54, 1.807) is 27.7 Å². The molecule has 11 heteroatoms. The molecule has 2 aromatic heterocycles. The van der Waals surface area contributed by atoms with E-state index in [4.69, 9.17) is 21.1 Å². The highest BCUT2D eigenvalue weighted by Gasteiger charge is 2.22. The Morgan fingerprint density at radius 2 is 1.84 bits per heavy atom. The van der Waals surface area contributed by atoms with Crippen LogP contribution in [-0.4, -0.2) is 38.8 Å². The van der Waals surface area contributed by atoms with E-state index >= 15 is 0 Å². The number of hydrogen-bond donors (Lipinski definition) is 2. The number of halogens is 1. The van der Waals surface area contributed by atoms with Crippen molar-refractivity contribution in [3.8, 4) is 0 Å². The molecule has 1 amide bonds. The van der Waals surface area contributed by atoms with E-state index in [2.05, 4.69) is 20.6 Å². The average molecular weight is 466 g/mol. The molecule has 0 aliphatic heterocycles. The van der Waals surface area contributed by atoms with Crippen molar-refractivity contribution in [3.05, 3.63) is 39.5 Å². The molecular weight excluding hydrogens is 438 g/mol. The highest BCUT2D eigenvalue weighted by Crippen LogP contribution is 2.22. The lowest BCUT2D eigenvalue weighted by molar-refractivity contribution is 0.0510. The first-order valence-electron chi connectivity index (χ1n) is 10.1. The Kier molecular flexibility index (Phi) is 8.20. The number of nitrogens with zero attached hydrogens (tertiary/aromatic N) is 3. The number of ether oxygens (including phenoxy) is 2. The SMILES string of the molecule is CCOC(=O)c1c(Cl)cc(Nc2cc(NC(=O)OC(C)(C)C)ncn2)c(=O)n1CC(C)C. The van der Waals surface area contributed by atoms with Crippen LogP contribution < -0.4 is 16.2 Å². The minimum Gasteiger partial charge on any atom is -0.461 e. The summed E-state index contributed by atoms with van der Waals surface area (Å²) >= 11 is 6.34. The van der Waals surface area contributed by atoms with Gasteiger partial charge in [-0.2, -0.15) is 0 Å². The van der Waals surface area contributed by atoms with Crippen LogP contribution in [0.25, 0.3) is 0 Å². The summed E-state index contributed by atoms with van der Waals surface area (Å²) in [4.78, 5) is 45.5. The number of pyridine rings is 1. The van der Waals surface area contributed by atoms with Crippen molar-refractivity contribution in [1.29, 1.82) is 0 Å². The van der Waals surface area contributed by atoms with E-state index in [0.29, 0.717) is 0 Å². The molecule has 0 saturated heterocycles. The number of amides is 1. The summed E-state index contributed by atoms with van der Waals surface area (Å²) in [6.45, 7) is 11.1. The second-order valence-corrected chi connectivity index (χ2v) is 8.73. The predicted octanol–water partition coefficient (Wildman–Crippen LogP) is 4.22. The Labute approximate surface area is 191 Å². The Morgan fingerprint density at radius 1 is 1.19 bits per heavy atom. The standard InChI is InChI=1S/C21H28ClN5O5/c1-7-31-19(29)17-13(22)8-14(18(28)27(17)10-12(2)3)25-15-9-16(24-11-23-15)26-20(30)32-21(4,5)6/h8-9,11-12H,7,10H2,1-6H3,(H2,23,24,25,26,30). The van der Waals surface area contributed by atoms with Gasteiger partial charge in [0.2, 0.25) is 0 Å². The number of esters is 1. The second-order valence-electron chi connectivity index (χ2n) is 8.33. The first-order chi connectivity index (χ1) is 14.9. The molecule has 0 bridgehead atoms. The topological polar surface area (TPSA) is 124 Å². The van der Waals surface area contributed by atoms with E-state index in [9.17, 15) is 14.4 Å². The molecule has 0 fully saturated rings. The van der Waals surface area contributed by atoms with Crippen LogP contribution in [-0.2, 0) is 16.0 Å². The van der Waals surface area contributed by atoms with Crippen LogP contribution in [0.1, 0.15) is 52.0 Å². The fraction of sp³-hybridized carbons (Fsp3) is 0.476. The van der Waals surface area contributed by atoms with Crippen molar-refractivity contribution < 1.29 is 19.1 Å². The first kappa shape index (κ1) is 25.1. The predicted molar refractivity (Wildman–Crippen MR) is 122 cm³/mol. The van der Waals surface area contributed by atoms with Crippen LogP contribution in [0.5, 0.6) is 0 Å². The van der Waals surface area contributed by atoms with Crippen molar-refractivity contribution in [3.63, 3.8) is 0 Å². The van der Waals surface area contributed by atoms with Crippen molar-refractivity contribution in [2.24, 2.45) is 5.92 Å². The van der Waals surface area contributed by atoms with Crippen LogP contribution in [0.4, 0.5) is 22.1 Å². The molecular formula is C21H28ClN5O5. The van der Waals surface area contributed by atoms with Crippen molar-refractivity contribution in [2.45, 2.75) is 53.7 Å². The monoisotopic (exact) mass is 465 g/mol. The van der Waals surface area contributed by atoms with Gasteiger partial charge < -0.3 is 14.8 Å². The van der Waals surface area contributed by atoms with Gasteiger partial charge in [0.25, 0.3) is 5.56 Å². The maximum atomic E-state index is 13.1. The number of aromatic nitrogens is 3. The van der Waals surface area contributed by atoms with Crippen LogP contribution >= 0.6 is 11.6 Å². The lowest BCUT2D eigenvalue weighted by atomic mass is 10.2. The van der Waals surface area contributed by atoms with E-state index in [1.807, 2.05) is 13.8 Å². The van der Waals surface area contributed by atoms with E-state index in [0.717, 1.165) is 0 Å². The van der Waals surface area contributed by atoms with Gasteiger partial charge in [0.1, 0.15) is 34.9 Å². The first-order valence-corrected chi connectivity index (χ1v) is 10.5. The molecule has 10 nitrogen and oxygen atoms in total. The van der Waals surface area contributed by atoms with Crippen LogP contribution in [0.3, 0.4) is 0 Å².